The quantitative estimate of drug-likeness (QED) is 0.811. The summed E-state index contributed by atoms with van der Waals surface area (Å²) in [7, 11) is 1.70. The summed E-state index contributed by atoms with van der Waals surface area (Å²) >= 11 is 0. The maximum absolute atomic E-state index is 5.29. The minimum Gasteiger partial charge on any atom is -0.497 e. The maximum Gasteiger partial charge on any atom is 0.119 e. The van der Waals surface area contributed by atoms with E-state index >= 15 is 0 Å². The lowest BCUT2D eigenvalue weighted by molar-refractivity contribution is 0.414. The molecule has 0 fully saturated rings. The van der Waals surface area contributed by atoms with E-state index in [1.807, 2.05) is 12.1 Å². The number of ether oxygens (including phenoxy) is 1. The van der Waals surface area contributed by atoms with Gasteiger partial charge < -0.3 is 10.1 Å². The minimum absolute atomic E-state index is 0.253. The number of methoxy groups -OCH3 is 1. The van der Waals surface area contributed by atoms with Crippen LogP contribution < -0.4 is 10.1 Å². The lowest BCUT2D eigenvalue weighted by atomic mass is 10.0. The fourth-order valence-corrected chi connectivity index (χ4v) is 2.38. The van der Waals surface area contributed by atoms with E-state index in [0.717, 1.165) is 18.6 Å². The molecule has 0 saturated heterocycles. The molecule has 1 N–H and O–H groups in total. The Morgan fingerprint density at radius 1 is 1.10 bits per heavy atom. The van der Waals surface area contributed by atoms with Gasteiger partial charge in [-0.3, -0.25) is 0 Å². The molecular weight excluding hydrogens is 246 g/mol. The van der Waals surface area contributed by atoms with Crippen LogP contribution in [0.2, 0.25) is 0 Å². The van der Waals surface area contributed by atoms with Gasteiger partial charge >= 0.3 is 0 Å². The van der Waals surface area contributed by atoms with Crippen LogP contribution in [0.4, 0.5) is 5.69 Å². The number of rotatable bonds is 6. The average molecular weight is 269 g/mol. The van der Waals surface area contributed by atoms with Crippen molar-refractivity contribution in [3.8, 4) is 5.75 Å². The molecule has 0 spiro atoms. The van der Waals surface area contributed by atoms with Gasteiger partial charge in [-0.25, -0.2) is 0 Å². The third-order valence-electron chi connectivity index (χ3n) is 3.50. The zero-order valence-corrected chi connectivity index (χ0v) is 12.5. The van der Waals surface area contributed by atoms with Crippen molar-refractivity contribution in [2.75, 3.05) is 12.4 Å². The number of hydrogen-bond donors (Lipinski definition) is 1. The molecule has 1 atom stereocenters. The van der Waals surface area contributed by atoms with Crippen LogP contribution in [0.3, 0.4) is 0 Å². The van der Waals surface area contributed by atoms with E-state index in [4.69, 9.17) is 4.74 Å². The molecule has 106 valence electrons. The second-order valence-electron chi connectivity index (χ2n) is 5.05. The highest BCUT2D eigenvalue weighted by atomic mass is 16.5. The van der Waals surface area contributed by atoms with E-state index in [-0.39, 0.29) is 6.04 Å². The lowest BCUT2D eigenvalue weighted by Gasteiger charge is -2.19. The van der Waals surface area contributed by atoms with Gasteiger partial charge in [0, 0.05) is 11.7 Å². The Morgan fingerprint density at radius 2 is 1.90 bits per heavy atom. The molecule has 2 rings (SSSR count). The number of aryl methyl sites for hydroxylation is 1. The first-order chi connectivity index (χ1) is 9.74. The van der Waals surface area contributed by atoms with E-state index < -0.39 is 0 Å². The van der Waals surface area contributed by atoms with Crippen molar-refractivity contribution in [2.45, 2.75) is 32.7 Å². The Kier molecular flexibility index (Phi) is 5.05. The van der Waals surface area contributed by atoms with Crippen molar-refractivity contribution in [2.24, 2.45) is 0 Å². The molecule has 2 aromatic carbocycles. The average Bonchev–Trinajstić information content (AvgIpc) is 2.49. The SMILES string of the molecule is CCCc1ccccc1NC(C)c1cccc(OC)c1. The summed E-state index contributed by atoms with van der Waals surface area (Å²) in [4.78, 5) is 0. The predicted molar refractivity (Wildman–Crippen MR) is 85.5 cm³/mol. The van der Waals surface area contributed by atoms with Crippen LogP contribution in [0.5, 0.6) is 5.75 Å². The Morgan fingerprint density at radius 3 is 2.65 bits per heavy atom. The highest BCUT2D eigenvalue weighted by Crippen LogP contribution is 2.25. The number of para-hydroxylation sites is 1. The van der Waals surface area contributed by atoms with Crippen LogP contribution in [0.1, 0.15) is 37.4 Å². The Hall–Kier alpha value is -1.96. The van der Waals surface area contributed by atoms with Crippen LogP contribution in [-0.4, -0.2) is 7.11 Å². The molecule has 2 nitrogen and oxygen atoms in total. The van der Waals surface area contributed by atoms with Crippen LogP contribution in [0.15, 0.2) is 48.5 Å². The van der Waals surface area contributed by atoms with E-state index in [0.29, 0.717) is 0 Å². The van der Waals surface area contributed by atoms with Crippen LogP contribution in [-0.2, 0) is 6.42 Å². The number of nitrogens with one attached hydrogen (secondary N) is 1. The number of benzene rings is 2. The van der Waals surface area contributed by atoms with E-state index in [1.54, 1.807) is 7.11 Å². The summed E-state index contributed by atoms with van der Waals surface area (Å²) in [5.41, 5.74) is 3.84. The van der Waals surface area contributed by atoms with Gasteiger partial charge in [-0.2, -0.15) is 0 Å². The third-order valence-corrected chi connectivity index (χ3v) is 3.50. The normalized spacial score (nSPS) is 11.9. The van der Waals surface area contributed by atoms with Gasteiger partial charge in [0.2, 0.25) is 0 Å². The van der Waals surface area contributed by atoms with Gasteiger partial charge in [0.05, 0.1) is 7.11 Å². The van der Waals surface area contributed by atoms with Crippen LogP contribution in [0, 0.1) is 0 Å². The largest absolute Gasteiger partial charge is 0.497 e. The van der Waals surface area contributed by atoms with Crippen molar-refractivity contribution in [1.29, 1.82) is 0 Å². The van der Waals surface area contributed by atoms with Gasteiger partial charge in [-0.15, -0.1) is 0 Å². The van der Waals surface area contributed by atoms with E-state index in [9.17, 15) is 0 Å². The molecule has 0 amide bonds. The van der Waals surface area contributed by atoms with E-state index in [2.05, 4.69) is 55.6 Å². The molecule has 0 heterocycles. The first-order valence-electron chi connectivity index (χ1n) is 7.23. The number of hydrogen-bond acceptors (Lipinski definition) is 2. The molecule has 0 aliphatic heterocycles. The molecule has 0 saturated carbocycles. The molecular formula is C18H23NO. The molecule has 0 aromatic heterocycles. The highest BCUT2D eigenvalue weighted by Gasteiger charge is 2.08. The summed E-state index contributed by atoms with van der Waals surface area (Å²) in [6, 6.07) is 17.0. The van der Waals surface area contributed by atoms with Crippen molar-refractivity contribution >= 4 is 5.69 Å². The van der Waals surface area contributed by atoms with Crippen molar-refractivity contribution < 1.29 is 4.74 Å². The van der Waals surface area contributed by atoms with Gasteiger partial charge in [-0.1, -0.05) is 43.7 Å². The second-order valence-corrected chi connectivity index (χ2v) is 5.05. The summed E-state index contributed by atoms with van der Waals surface area (Å²) in [5, 5.41) is 3.61. The topological polar surface area (TPSA) is 21.3 Å². The monoisotopic (exact) mass is 269 g/mol. The fourth-order valence-electron chi connectivity index (χ4n) is 2.38. The summed E-state index contributed by atoms with van der Waals surface area (Å²) < 4.78 is 5.29. The molecule has 20 heavy (non-hydrogen) atoms. The Balaban J connectivity index is 2.16. The van der Waals surface area contributed by atoms with Crippen molar-refractivity contribution in [1.82, 2.24) is 0 Å². The fraction of sp³-hybridized carbons (Fsp3) is 0.333. The molecule has 2 heteroatoms. The van der Waals surface area contributed by atoms with Crippen molar-refractivity contribution in [3.63, 3.8) is 0 Å². The van der Waals surface area contributed by atoms with E-state index in [1.165, 1.54) is 16.8 Å². The molecule has 0 aliphatic carbocycles. The zero-order valence-electron chi connectivity index (χ0n) is 12.5. The third kappa shape index (κ3) is 3.53. The Labute approximate surface area is 121 Å². The first kappa shape index (κ1) is 14.4. The highest BCUT2D eigenvalue weighted by molar-refractivity contribution is 5.53. The van der Waals surface area contributed by atoms with Crippen LogP contribution in [0.25, 0.3) is 0 Å². The molecule has 0 radical (unpaired) electrons. The first-order valence-corrected chi connectivity index (χ1v) is 7.23. The van der Waals surface area contributed by atoms with Gasteiger partial charge in [0.25, 0.3) is 0 Å². The molecule has 0 bridgehead atoms. The smallest absolute Gasteiger partial charge is 0.119 e. The zero-order chi connectivity index (χ0) is 14.4. The summed E-state index contributed by atoms with van der Waals surface area (Å²) in [6.07, 6.45) is 2.26. The molecule has 0 aliphatic rings. The van der Waals surface area contributed by atoms with Crippen LogP contribution >= 0.6 is 0 Å². The second kappa shape index (κ2) is 6.99. The molecule has 2 aromatic rings. The number of anilines is 1. The minimum atomic E-state index is 0.253. The standard InChI is InChI=1S/C18H23NO/c1-4-8-15-9-5-6-12-18(15)19-14(2)16-10-7-11-17(13-16)20-3/h5-7,9-14,19H,4,8H2,1-3H3. The predicted octanol–water partition coefficient (Wildman–Crippen LogP) is 4.82. The molecule has 1 unspecified atom stereocenters. The lowest BCUT2D eigenvalue weighted by Crippen LogP contribution is -2.08. The van der Waals surface area contributed by atoms with Gasteiger partial charge in [0.15, 0.2) is 0 Å². The summed E-state index contributed by atoms with van der Waals surface area (Å²) in [5.74, 6) is 0.901. The Bertz CT molecular complexity index is 551. The van der Waals surface area contributed by atoms with Crippen molar-refractivity contribution in [3.05, 3.63) is 59.7 Å². The maximum atomic E-state index is 5.29. The summed E-state index contributed by atoms with van der Waals surface area (Å²) in [6.45, 7) is 4.39. The van der Waals surface area contributed by atoms with Gasteiger partial charge in [-0.05, 0) is 42.7 Å². The van der Waals surface area contributed by atoms with Gasteiger partial charge in [0.1, 0.15) is 5.75 Å².